The minimum absolute atomic E-state index is 0.0189. The van der Waals surface area contributed by atoms with E-state index in [1.54, 1.807) is 13.0 Å². The second-order valence-electron chi connectivity index (χ2n) is 4.59. The summed E-state index contributed by atoms with van der Waals surface area (Å²) >= 11 is 0. The fraction of sp³-hybridized carbons (Fsp3) is 0.769. The van der Waals surface area contributed by atoms with Gasteiger partial charge in [0.05, 0.1) is 6.61 Å². The molecule has 0 radical (unpaired) electrons. The first kappa shape index (κ1) is 14.2. The molecule has 1 aliphatic heterocycles. The number of amides is 1. The zero-order valence-corrected chi connectivity index (χ0v) is 10.9. The highest BCUT2D eigenvalue weighted by molar-refractivity contribution is 5.80. The van der Waals surface area contributed by atoms with Crippen LogP contribution in [0, 0.1) is 0 Å². The number of ether oxygens (including phenoxy) is 1. The summed E-state index contributed by atoms with van der Waals surface area (Å²) in [6, 6.07) is 0.565. The second kappa shape index (κ2) is 7.45. The van der Waals surface area contributed by atoms with Gasteiger partial charge in [0.1, 0.15) is 6.10 Å². The molecule has 0 saturated carbocycles. The number of nitrogens with one attached hydrogen (secondary N) is 2. The van der Waals surface area contributed by atoms with E-state index in [-0.39, 0.29) is 18.1 Å². The summed E-state index contributed by atoms with van der Waals surface area (Å²) in [5.41, 5.74) is 0. The average Bonchev–Trinajstić information content (AvgIpc) is 2.32. The molecule has 0 aliphatic carbocycles. The quantitative estimate of drug-likeness (QED) is 0.542. The van der Waals surface area contributed by atoms with Gasteiger partial charge in [0, 0.05) is 12.1 Å². The maximum Gasteiger partial charge on any atom is 0.249 e. The van der Waals surface area contributed by atoms with Gasteiger partial charge in [0.25, 0.3) is 0 Å². The third kappa shape index (κ3) is 4.88. The largest absolute Gasteiger partial charge is 0.368 e. The van der Waals surface area contributed by atoms with Crippen LogP contribution >= 0.6 is 0 Å². The highest BCUT2D eigenvalue weighted by atomic mass is 16.5. The van der Waals surface area contributed by atoms with Gasteiger partial charge in [-0.1, -0.05) is 6.08 Å². The maximum atomic E-state index is 11.9. The van der Waals surface area contributed by atoms with Gasteiger partial charge in [-0.05, 0) is 39.7 Å². The van der Waals surface area contributed by atoms with Crippen molar-refractivity contribution in [2.75, 3.05) is 13.2 Å². The maximum absolute atomic E-state index is 11.9. The first-order valence-electron chi connectivity index (χ1n) is 6.41. The van der Waals surface area contributed by atoms with Gasteiger partial charge in [-0.25, -0.2) is 0 Å². The summed E-state index contributed by atoms with van der Waals surface area (Å²) in [5.74, 6) is -0.0189. The van der Waals surface area contributed by atoms with E-state index in [0.29, 0.717) is 12.6 Å². The van der Waals surface area contributed by atoms with Gasteiger partial charge in [-0.3, -0.25) is 4.79 Å². The zero-order valence-electron chi connectivity index (χ0n) is 10.9. The van der Waals surface area contributed by atoms with Crippen molar-refractivity contribution in [3.05, 3.63) is 12.7 Å². The van der Waals surface area contributed by atoms with Crippen LogP contribution in [0.25, 0.3) is 0 Å². The summed E-state index contributed by atoms with van der Waals surface area (Å²) in [7, 11) is 0. The molecule has 3 atom stereocenters. The van der Waals surface area contributed by atoms with Crippen LogP contribution in [0.3, 0.4) is 0 Å². The smallest absolute Gasteiger partial charge is 0.249 e. The minimum atomic E-state index is -0.385. The van der Waals surface area contributed by atoms with E-state index < -0.39 is 0 Å². The predicted octanol–water partition coefficient (Wildman–Crippen LogP) is 1.22. The highest BCUT2D eigenvalue weighted by Crippen LogP contribution is 2.08. The molecule has 0 spiro atoms. The number of hydrogen-bond donors (Lipinski definition) is 2. The molecule has 1 amide bonds. The molecule has 1 aliphatic rings. The van der Waals surface area contributed by atoms with E-state index in [9.17, 15) is 4.79 Å². The first-order valence-corrected chi connectivity index (χ1v) is 6.41. The van der Waals surface area contributed by atoms with Crippen LogP contribution in [0.1, 0.15) is 33.1 Å². The number of hydrogen-bond acceptors (Lipinski definition) is 3. The standard InChI is InChI=1S/C13H24N2O2/c1-4-5-9-17-11(3)13(16)15-12-7-6-8-14-10(12)2/h4,10-12,14H,1,5-9H2,2-3H3,(H,15,16). The van der Waals surface area contributed by atoms with Crippen molar-refractivity contribution < 1.29 is 9.53 Å². The minimum Gasteiger partial charge on any atom is -0.368 e. The van der Waals surface area contributed by atoms with E-state index in [1.165, 1.54) is 0 Å². The van der Waals surface area contributed by atoms with E-state index >= 15 is 0 Å². The van der Waals surface area contributed by atoms with Gasteiger partial charge in [-0.2, -0.15) is 0 Å². The van der Waals surface area contributed by atoms with Crippen LogP contribution in [-0.2, 0) is 9.53 Å². The fourth-order valence-corrected chi connectivity index (χ4v) is 1.95. The Balaban J connectivity index is 2.28. The van der Waals surface area contributed by atoms with Crippen LogP contribution < -0.4 is 10.6 Å². The lowest BCUT2D eigenvalue weighted by molar-refractivity contribution is -0.132. The number of carbonyl (C=O) groups is 1. The summed E-state index contributed by atoms with van der Waals surface area (Å²) in [6.07, 6.45) is 4.33. The molecular formula is C13H24N2O2. The molecular weight excluding hydrogens is 216 g/mol. The summed E-state index contributed by atoms with van der Waals surface area (Å²) < 4.78 is 5.42. The Kier molecular flexibility index (Phi) is 6.22. The summed E-state index contributed by atoms with van der Waals surface area (Å²) in [6.45, 7) is 9.11. The van der Waals surface area contributed by atoms with Crippen molar-refractivity contribution in [1.29, 1.82) is 0 Å². The van der Waals surface area contributed by atoms with Crippen LogP contribution in [0.15, 0.2) is 12.7 Å². The Labute approximate surface area is 104 Å². The second-order valence-corrected chi connectivity index (χ2v) is 4.59. The van der Waals surface area contributed by atoms with Crippen molar-refractivity contribution in [3.63, 3.8) is 0 Å². The van der Waals surface area contributed by atoms with Crippen LogP contribution in [0.4, 0.5) is 0 Å². The topological polar surface area (TPSA) is 50.4 Å². The Morgan fingerprint density at radius 2 is 2.47 bits per heavy atom. The van der Waals surface area contributed by atoms with E-state index in [2.05, 4.69) is 24.1 Å². The molecule has 0 aromatic rings. The molecule has 0 aromatic carbocycles. The molecule has 1 heterocycles. The molecule has 1 fully saturated rings. The van der Waals surface area contributed by atoms with Crippen molar-refractivity contribution in [1.82, 2.24) is 10.6 Å². The SMILES string of the molecule is C=CCCOC(C)C(=O)NC1CCCNC1C. The summed E-state index contributed by atoms with van der Waals surface area (Å²) in [4.78, 5) is 11.9. The Hall–Kier alpha value is -0.870. The van der Waals surface area contributed by atoms with Crippen molar-refractivity contribution in [2.45, 2.75) is 51.3 Å². The molecule has 0 bridgehead atoms. The first-order chi connectivity index (χ1) is 8.15. The number of piperidine rings is 1. The Morgan fingerprint density at radius 1 is 1.71 bits per heavy atom. The molecule has 0 aromatic heterocycles. The third-order valence-electron chi connectivity index (χ3n) is 3.15. The third-order valence-corrected chi connectivity index (χ3v) is 3.15. The monoisotopic (exact) mass is 240 g/mol. The highest BCUT2D eigenvalue weighted by Gasteiger charge is 2.24. The van der Waals surface area contributed by atoms with E-state index in [0.717, 1.165) is 25.8 Å². The van der Waals surface area contributed by atoms with Crippen molar-refractivity contribution >= 4 is 5.91 Å². The molecule has 1 saturated heterocycles. The van der Waals surface area contributed by atoms with Gasteiger partial charge in [0.2, 0.25) is 5.91 Å². The molecule has 17 heavy (non-hydrogen) atoms. The lowest BCUT2D eigenvalue weighted by Crippen LogP contribution is -2.53. The average molecular weight is 240 g/mol. The van der Waals surface area contributed by atoms with Crippen LogP contribution in [0.2, 0.25) is 0 Å². The van der Waals surface area contributed by atoms with E-state index in [4.69, 9.17) is 4.74 Å². The normalized spacial score (nSPS) is 26.2. The predicted molar refractivity (Wildman–Crippen MR) is 68.9 cm³/mol. The van der Waals surface area contributed by atoms with Crippen molar-refractivity contribution in [3.8, 4) is 0 Å². The molecule has 1 rings (SSSR count). The lowest BCUT2D eigenvalue weighted by Gasteiger charge is -2.31. The molecule has 4 nitrogen and oxygen atoms in total. The Bertz CT molecular complexity index is 256. The molecule has 98 valence electrons. The van der Waals surface area contributed by atoms with E-state index in [1.807, 2.05) is 0 Å². The lowest BCUT2D eigenvalue weighted by atomic mass is 10.00. The number of carbonyl (C=O) groups excluding carboxylic acids is 1. The Morgan fingerprint density at radius 3 is 3.12 bits per heavy atom. The molecule has 2 N–H and O–H groups in total. The van der Waals surface area contributed by atoms with Gasteiger partial charge < -0.3 is 15.4 Å². The zero-order chi connectivity index (χ0) is 12.7. The van der Waals surface area contributed by atoms with Crippen LogP contribution in [-0.4, -0.2) is 37.2 Å². The fourth-order valence-electron chi connectivity index (χ4n) is 1.95. The van der Waals surface area contributed by atoms with Gasteiger partial charge >= 0.3 is 0 Å². The van der Waals surface area contributed by atoms with Crippen molar-refractivity contribution in [2.24, 2.45) is 0 Å². The molecule has 4 heteroatoms. The van der Waals surface area contributed by atoms with Gasteiger partial charge in [0.15, 0.2) is 0 Å². The summed E-state index contributed by atoms with van der Waals surface area (Å²) in [5, 5.41) is 6.40. The van der Waals surface area contributed by atoms with Crippen LogP contribution in [0.5, 0.6) is 0 Å². The van der Waals surface area contributed by atoms with Gasteiger partial charge in [-0.15, -0.1) is 6.58 Å². The number of rotatable bonds is 6. The molecule has 3 unspecified atom stereocenters.